The van der Waals surface area contributed by atoms with Crippen molar-refractivity contribution in [3.8, 4) is 11.5 Å². The molecule has 0 aromatic heterocycles. The Balaban J connectivity index is 1.76. The number of likely N-dealkylation sites (N-methyl/N-ethyl adjacent to an activating group) is 1. The van der Waals surface area contributed by atoms with Crippen molar-refractivity contribution in [2.45, 2.75) is 42.4 Å². The minimum Gasteiger partial charge on any atom is -0.504 e. The number of piperidine rings is 1. The number of phenols is 1. The first-order valence-corrected chi connectivity index (χ1v) is 7.41. The van der Waals surface area contributed by atoms with Gasteiger partial charge in [0.05, 0.1) is 11.0 Å². The molecule has 2 bridgehead atoms. The molecule has 1 saturated heterocycles. The van der Waals surface area contributed by atoms with Gasteiger partial charge in [0.25, 0.3) is 0 Å². The van der Waals surface area contributed by atoms with Crippen LogP contribution in [0.15, 0.2) is 12.1 Å². The molecule has 3 aliphatic carbocycles. The van der Waals surface area contributed by atoms with Gasteiger partial charge in [-0.1, -0.05) is 6.07 Å². The van der Waals surface area contributed by atoms with Gasteiger partial charge in [-0.05, 0) is 37.4 Å². The second kappa shape index (κ2) is 2.50. The van der Waals surface area contributed by atoms with E-state index >= 15 is 0 Å². The highest BCUT2D eigenvalue weighted by atomic mass is 16.5. The molecule has 2 heterocycles. The first-order chi connectivity index (χ1) is 9.62. The molecule has 2 aliphatic heterocycles. The zero-order valence-electron chi connectivity index (χ0n) is 11.2. The maximum Gasteiger partial charge on any atom is 0.174 e. The van der Waals surface area contributed by atoms with E-state index in [1.54, 1.807) is 6.07 Å². The van der Waals surface area contributed by atoms with E-state index in [2.05, 4.69) is 18.0 Å². The highest BCUT2D eigenvalue weighted by Crippen LogP contribution is 2.80. The van der Waals surface area contributed by atoms with Crippen LogP contribution in [0.25, 0.3) is 0 Å². The van der Waals surface area contributed by atoms with Crippen molar-refractivity contribution in [3.63, 3.8) is 0 Å². The summed E-state index contributed by atoms with van der Waals surface area (Å²) in [6, 6.07) is 4.37. The number of Topliss-reactive ketones (excluding diaryl/α,β-unsaturated/α-hetero) is 1. The molecule has 4 heteroatoms. The van der Waals surface area contributed by atoms with Crippen LogP contribution >= 0.6 is 0 Å². The Morgan fingerprint density at radius 2 is 2.30 bits per heavy atom. The zero-order valence-corrected chi connectivity index (χ0v) is 11.2. The molecule has 102 valence electrons. The lowest BCUT2D eigenvalue weighted by molar-refractivity contribution is -0.132. The number of carbonyl (C=O) groups excluding carboxylic acids is 1. The zero-order chi connectivity index (χ0) is 13.4. The Bertz CT molecular complexity index is 729. The summed E-state index contributed by atoms with van der Waals surface area (Å²) >= 11 is 0. The number of ether oxygens (including phenoxy) is 1. The van der Waals surface area contributed by atoms with E-state index in [0.717, 1.165) is 12.8 Å². The molecule has 20 heavy (non-hydrogen) atoms. The van der Waals surface area contributed by atoms with Gasteiger partial charge in [0, 0.05) is 18.0 Å². The smallest absolute Gasteiger partial charge is 0.174 e. The highest BCUT2D eigenvalue weighted by Gasteiger charge is 2.85. The third kappa shape index (κ3) is 0.672. The summed E-state index contributed by atoms with van der Waals surface area (Å²) in [5, 5.41) is 10.1. The molecule has 2 saturated carbocycles. The third-order valence-electron chi connectivity index (χ3n) is 6.84. The second-order valence-corrected chi connectivity index (χ2v) is 7.14. The van der Waals surface area contributed by atoms with Gasteiger partial charge in [-0.2, -0.15) is 0 Å². The number of aromatic hydroxyl groups is 1. The summed E-state index contributed by atoms with van der Waals surface area (Å²) in [6.45, 7) is 0. The van der Waals surface area contributed by atoms with Gasteiger partial charge in [-0.15, -0.1) is 0 Å². The van der Waals surface area contributed by atoms with Crippen molar-refractivity contribution in [2.75, 3.05) is 7.05 Å². The largest absolute Gasteiger partial charge is 0.504 e. The normalized spacial score (nSPS) is 51.8. The van der Waals surface area contributed by atoms with E-state index < -0.39 is 0 Å². The number of hydrogen-bond donors (Lipinski definition) is 1. The lowest BCUT2D eigenvalue weighted by Gasteiger charge is -2.40. The molecular formula is C16H15NO3. The molecule has 6 unspecified atom stereocenters. The number of phenolic OH excluding ortho intramolecular Hbond substituents is 1. The van der Waals surface area contributed by atoms with Gasteiger partial charge in [0.2, 0.25) is 0 Å². The van der Waals surface area contributed by atoms with E-state index in [9.17, 15) is 9.90 Å². The molecule has 1 N–H and O–H groups in total. The monoisotopic (exact) mass is 269 g/mol. The van der Waals surface area contributed by atoms with Crippen molar-refractivity contribution in [3.05, 3.63) is 23.3 Å². The number of benzene rings is 1. The summed E-state index contributed by atoms with van der Waals surface area (Å²) in [5.41, 5.74) is 2.48. The summed E-state index contributed by atoms with van der Waals surface area (Å²) in [4.78, 5) is 14.9. The number of fused-ring (bicyclic) bond motifs is 1. The maximum absolute atomic E-state index is 12.4. The van der Waals surface area contributed by atoms with Gasteiger partial charge >= 0.3 is 0 Å². The number of hydrogen-bond acceptors (Lipinski definition) is 4. The fourth-order valence-corrected chi connectivity index (χ4v) is 6.26. The number of nitrogens with zero attached hydrogens (tertiary/aromatic N) is 1. The minimum absolute atomic E-state index is 0.129. The van der Waals surface area contributed by atoms with E-state index in [-0.39, 0.29) is 28.6 Å². The Morgan fingerprint density at radius 1 is 1.45 bits per heavy atom. The van der Waals surface area contributed by atoms with Crippen LogP contribution in [0.3, 0.4) is 0 Å². The van der Waals surface area contributed by atoms with Gasteiger partial charge in [-0.3, -0.25) is 9.69 Å². The molecule has 4 nitrogen and oxygen atoms in total. The lowest BCUT2D eigenvalue weighted by Crippen LogP contribution is -2.52. The summed E-state index contributed by atoms with van der Waals surface area (Å²) in [7, 11) is 2.20. The fourth-order valence-electron chi connectivity index (χ4n) is 6.26. The predicted octanol–water partition coefficient (Wildman–Crippen LogP) is 1.30. The minimum atomic E-state index is -0.344. The average molecular weight is 269 g/mol. The number of rotatable bonds is 0. The molecule has 5 aliphatic rings. The average Bonchev–Trinajstić information content (AvgIpc) is 2.80. The summed E-state index contributed by atoms with van der Waals surface area (Å²) < 4.78 is 5.97. The van der Waals surface area contributed by atoms with Crippen LogP contribution in [0, 0.1) is 5.92 Å². The quantitative estimate of drug-likeness (QED) is 0.721. The van der Waals surface area contributed by atoms with Gasteiger partial charge in [-0.25, -0.2) is 0 Å². The van der Waals surface area contributed by atoms with Crippen LogP contribution < -0.4 is 4.74 Å². The Labute approximate surface area is 116 Å². The molecular weight excluding hydrogens is 254 g/mol. The predicted molar refractivity (Wildman–Crippen MR) is 69.8 cm³/mol. The number of likely N-dealkylation sites (tertiary alicyclic amines) is 1. The van der Waals surface area contributed by atoms with E-state index in [4.69, 9.17) is 4.74 Å². The summed E-state index contributed by atoms with van der Waals surface area (Å²) in [6.07, 6.45) is 2.27. The SMILES string of the molecule is CN1C2C3CCC(=O)C4Oc5c(O)ccc6c5C43CC621. The van der Waals surface area contributed by atoms with Crippen LogP contribution in [0.1, 0.15) is 30.4 Å². The first kappa shape index (κ1) is 10.2. The molecule has 0 amide bonds. The second-order valence-electron chi connectivity index (χ2n) is 7.14. The van der Waals surface area contributed by atoms with Crippen molar-refractivity contribution < 1.29 is 14.6 Å². The lowest BCUT2D eigenvalue weighted by atomic mass is 9.62. The molecule has 0 radical (unpaired) electrons. The molecule has 1 aromatic carbocycles. The van der Waals surface area contributed by atoms with Gasteiger partial charge < -0.3 is 9.84 Å². The summed E-state index contributed by atoms with van der Waals surface area (Å²) in [5.74, 6) is 1.54. The third-order valence-corrected chi connectivity index (χ3v) is 6.84. The van der Waals surface area contributed by atoms with E-state index in [1.165, 1.54) is 11.1 Å². The van der Waals surface area contributed by atoms with Crippen LogP contribution in [0.5, 0.6) is 11.5 Å². The Morgan fingerprint density at radius 3 is 3.15 bits per heavy atom. The van der Waals surface area contributed by atoms with Crippen molar-refractivity contribution >= 4 is 5.78 Å². The number of ketones is 1. The molecule has 1 aromatic rings. The van der Waals surface area contributed by atoms with Crippen LogP contribution in [0.2, 0.25) is 0 Å². The Hall–Kier alpha value is -1.55. The van der Waals surface area contributed by atoms with E-state index in [1.807, 2.05) is 0 Å². The molecule has 2 spiro atoms. The van der Waals surface area contributed by atoms with Crippen molar-refractivity contribution in [1.29, 1.82) is 0 Å². The van der Waals surface area contributed by atoms with Crippen LogP contribution in [0.4, 0.5) is 0 Å². The van der Waals surface area contributed by atoms with Crippen molar-refractivity contribution in [1.82, 2.24) is 4.90 Å². The maximum atomic E-state index is 12.4. The van der Waals surface area contributed by atoms with Crippen molar-refractivity contribution in [2.24, 2.45) is 5.92 Å². The van der Waals surface area contributed by atoms with Crippen LogP contribution in [-0.4, -0.2) is 35.0 Å². The first-order valence-electron chi connectivity index (χ1n) is 7.41. The topological polar surface area (TPSA) is 49.5 Å². The van der Waals surface area contributed by atoms with Crippen LogP contribution in [-0.2, 0) is 15.7 Å². The van der Waals surface area contributed by atoms with Gasteiger partial charge in [0.1, 0.15) is 0 Å². The molecule has 6 rings (SSSR count). The van der Waals surface area contributed by atoms with Gasteiger partial charge in [0.15, 0.2) is 23.4 Å². The Kier molecular flexibility index (Phi) is 1.28. The highest BCUT2D eigenvalue weighted by molar-refractivity contribution is 5.90. The molecule has 3 fully saturated rings. The number of carbonyl (C=O) groups is 1. The molecule has 6 atom stereocenters. The van der Waals surface area contributed by atoms with E-state index in [0.29, 0.717) is 24.1 Å². The standard InChI is InChI=1S/C16H15NO3/c1-17-13-8-3-5-10(19)14-15(8)6-16(13,17)7-2-4-9(18)12(20-14)11(7)15/h2,4,8,13-14,18H,3,5-6H2,1H3. The fraction of sp³-hybridized carbons (Fsp3) is 0.562.